The van der Waals surface area contributed by atoms with E-state index < -0.39 is 0 Å². The molecule has 0 saturated heterocycles. The summed E-state index contributed by atoms with van der Waals surface area (Å²) in [6.45, 7) is 4.12. The zero-order valence-corrected chi connectivity index (χ0v) is 16.0. The second kappa shape index (κ2) is 8.29. The molecule has 2 heterocycles. The Kier molecular flexibility index (Phi) is 5.41. The first-order valence-electron chi connectivity index (χ1n) is 9.77. The fourth-order valence-corrected chi connectivity index (χ4v) is 3.28. The number of ketones is 1. The minimum absolute atomic E-state index is 0.0118. The summed E-state index contributed by atoms with van der Waals surface area (Å²) < 4.78 is 1.68. The van der Waals surface area contributed by atoms with E-state index in [4.69, 9.17) is 0 Å². The molecule has 0 atom stereocenters. The summed E-state index contributed by atoms with van der Waals surface area (Å²) in [5, 5.41) is 4.14. The molecule has 1 fully saturated rings. The number of carbonyl (C=O) groups is 1. The van der Waals surface area contributed by atoms with Crippen molar-refractivity contribution in [2.75, 3.05) is 18.0 Å². The van der Waals surface area contributed by atoms with Crippen LogP contribution in [-0.4, -0.2) is 43.6 Å². The Balaban J connectivity index is 1.50. The molecule has 28 heavy (non-hydrogen) atoms. The lowest BCUT2D eigenvalue weighted by Crippen LogP contribution is -2.27. The molecule has 1 saturated carbocycles. The maximum atomic E-state index is 12.8. The van der Waals surface area contributed by atoms with Crippen molar-refractivity contribution in [3.8, 4) is 5.69 Å². The smallest absolute Gasteiger partial charge is 0.185 e. The molecule has 0 bridgehead atoms. The first kappa shape index (κ1) is 18.3. The maximum absolute atomic E-state index is 12.8. The Morgan fingerprint density at radius 3 is 2.86 bits per heavy atom. The van der Waals surface area contributed by atoms with Gasteiger partial charge < -0.3 is 4.90 Å². The summed E-state index contributed by atoms with van der Waals surface area (Å²) in [5.74, 6) is 1.60. The lowest BCUT2D eigenvalue weighted by atomic mass is 10.1. The largest absolute Gasteiger partial charge is 0.356 e. The van der Waals surface area contributed by atoms with E-state index >= 15 is 0 Å². The van der Waals surface area contributed by atoms with Gasteiger partial charge in [-0.1, -0.05) is 19.1 Å². The van der Waals surface area contributed by atoms with Gasteiger partial charge in [0.1, 0.15) is 30.5 Å². The van der Waals surface area contributed by atoms with Crippen LogP contribution < -0.4 is 4.90 Å². The molecule has 0 spiro atoms. The third-order valence-electron chi connectivity index (χ3n) is 4.89. The highest BCUT2D eigenvalue weighted by atomic mass is 16.1. The van der Waals surface area contributed by atoms with Gasteiger partial charge in [-0.05, 0) is 42.9 Å². The third kappa shape index (κ3) is 4.42. The second-order valence-corrected chi connectivity index (χ2v) is 7.26. The van der Waals surface area contributed by atoms with Crippen LogP contribution in [0.5, 0.6) is 0 Å². The lowest BCUT2D eigenvalue weighted by Gasteiger charge is -2.23. The average molecular weight is 376 g/mol. The van der Waals surface area contributed by atoms with Gasteiger partial charge in [0.2, 0.25) is 0 Å². The lowest BCUT2D eigenvalue weighted by molar-refractivity contribution is 0.0988. The first-order valence-corrected chi connectivity index (χ1v) is 9.77. The highest BCUT2D eigenvalue weighted by molar-refractivity contribution is 5.96. The molecule has 2 aromatic heterocycles. The quantitative estimate of drug-likeness (QED) is 0.534. The van der Waals surface area contributed by atoms with Gasteiger partial charge in [0.15, 0.2) is 5.78 Å². The molecular weight excluding hydrogens is 352 g/mol. The van der Waals surface area contributed by atoms with Crippen molar-refractivity contribution in [2.45, 2.75) is 32.6 Å². The van der Waals surface area contributed by atoms with Crippen LogP contribution in [0.15, 0.2) is 49.3 Å². The number of aromatic nitrogens is 5. The summed E-state index contributed by atoms with van der Waals surface area (Å²) in [5.41, 5.74) is 2.26. The number of Topliss-reactive ketones (excluding diaryl/α,β-unsaturated/α-hetero) is 1. The Hall–Kier alpha value is -3.09. The van der Waals surface area contributed by atoms with Crippen molar-refractivity contribution in [2.24, 2.45) is 5.92 Å². The molecule has 1 aromatic carbocycles. The number of anilines is 1. The van der Waals surface area contributed by atoms with Gasteiger partial charge in [0.25, 0.3) is 0 Å². The summed E-state index contributed by atoms with van der Waals surface area (Å²) in [4.78, 5) is 27.7. The zero-order chi connectivity index (χ0) is 19.3. The summed E-state index contributed by atoms with van der Waals surface area (Å²) in [6.07, 6.45) is 8.55. The van der Waals surface area contributed by atoms with E-state index in [-0.39, 0.29) is 12.2 Å². The minimum atomic E-state index is -0.0118. The van der Waals surface area contributed by atoms with Crippen LogP contribution in [0.4, 0.5) is 5.82 Å². The normalized spacial score (nSPS) is 13.5. The van der Waals surface area contributed by atoms with Crippen LogP contribution in [0, 0.1) is 5.92 Å². The van der Waals surface area contributed by atoms with E-state index in [0.29, 0.717) is 5.69 Å². The van der Waals surface area contributed by atoms with Crippen molar-refractivity contribution >= 4 is 11.6 Å². The third-order valence-corrected chi connectivity index (χ3v) is 4.89. The number of carbonyl (C=O) groups excluding carboxylic acids is 1. The predicted octanol–water partition coefficient (Wildman–Crippen LogP) is 3.11. The first-order chi connectivity index (χ1) is 13.7. The van der Waals surface area contributed by atoms with Crippen LogP contribution in [0.2, 0.25) is 0 Å². The number of benzene rings is 1. The summed E-state index contributed by atoms with van der Waals surface area (Å²) in [7, 11) is 0. The Bertz CT molecular complexity index is 936. The summed E-state index contributed by atoms with van der Waals surface area (Å²) >= 11 is 0. The van der Waals surface area contributed by atoms with Crippen molar-refractivity contribution in [1.82, 2.24) is 24.7 Å². The standard InChI is InChI=1S/C21H24N6O/c1-2-8-26(12-16-6-7-16)21-11-19(23-14-24-21)20(28)10-17-4-3-5-18(9-17)27-15-22-13-25-27/h3-5,9,11,13-16H,2,6-8,10,12H2,1H3. The van der Waals surface area contributed by atoms with Gasteiger partial charge in [-0.2, -0.15) is 5.10 Å². The number of hydrogen-bond donors (Lipinski definition) is 0. The molecule has 7 heteroatoms. The van der Waals surface area contributed by atoms with Crippen LogP contribution in [0.3, 0.4) is 0 Å². The van der Waals surface area contributed by atoms with E-state index in [1.165, 1.54) is 25.5 Å². The molecule has 0 N–H and O–H groups in total. The molecule has 1 aliphatic carbocycles. The zero-order valence-electron chi connectivity index (χ0n) is 16.0. The van der Waals surface area contributed by atoms with Gasteiger partial charge in [0.05, 0.1) is 5.69 Å². The van der Waals surface area contributed by atoms with E-state index in [0.717, 1.165) is 42.5 Å². The molecule has 0 aliphatic heterocycles. The van der Waals surface area contributed by atoms with Gasteiger partial charge >= 0.3 is 0 Å². The summed E-state index contributed by atoms with van der Waals surface area (Å²) in [6, 6.07) is 9.58. The van der Waals surface area contributed by atoms with E-state index in [1.807, 2.05) is 30.3 Å². The van der Waals surface area contributed by atoms with Crippen LogP contribution >= 0.6 is 0 Å². The van der Waals surface area contributed by atoms with Crippen molar-refractivity contribution in [1.29, 1.82) is 0 Å². The monoisotopic (exact) mass is 376 g/mol. The molecule has 4 rings (SSSR count). The van der Waals surface area contributed by atoms with Crippen molar-refractivity contribution < 1.29 is 4.79 Å². The Morgan fingerprint density at radius 1 is 1.21 bits per heavy atom. The molecule has 7 nitrogen and oxygen atoms in total. The van der Waals surface area contributed by atoms with Crippen molar-refractivity contribution in [3.63, 3.8) is 0 Å². The van der Waals surface area contributed by atoms with E-state index in [9.17, 15) is 4.79 Å². The van der Waals surface area contributed by atoms with E-state index in [2.05, 4.69) is 31.9 Å². The molecule has 0 unspecified atom stereocenters. The molecule has 1 aliphatic rings. The Labute approximate surface area is 164 Å². The second-order valence-electron chi connectivity index (χ2n) is 7.26. The van der Waals surface area contributed by atoms with Crippen LogP contribution in [0.1, 0.15) is 42.2 Å². The van der Waals surface area contributed by atoms with Crippen LogP contribution in [-0.2, 0) is 6.42 Å². The van der Waals surface area contributed by atoms with Gasteiger partial charge in [0, 0.05) is 25.6 Å². The SMILES string of the molecule is CCCN(CC1CC1)c1cc(C(=O)Cc2cccc(-n3cncn3)c2)ncn1. The van der Waals surface area contributed by atoms with Crippen molar-refractivity contribution in [3.05, 3.63) is 60.6 Å². The molecular formula is C21H24N6O. The highest BCUT2D eigenvalue weighted by Crippen LogP contribution is 2.31. The predicted molar refractivity (Wildman–Crippen MR) is 107 cm³/mol. The fourth-order valence-electron chi connectivity index (χ4n) is 3.28. The number of nitrogens with zero attached hydrogens (tertiary/aromatic N) is 6. The van der Waals surface area contributed by atoms with Gasteiger partial charge in [-0.3, -0.25) is 4.79 Å². The highest BCUT2D eigenvalue weighted by Gasteiger charge is 2.25. The Morgan fingerprint density at radius 2 is 2.11 bits per heavy atom. The fraction of sp³-hybridized carbons (Fsp3) is 0.381. The topological polar surface area (TPSA) is 76.8 Å². The molecule has 3 aromatic rings. The number of hydrogen-bond acceptors (Lipinski definition) is 6. The van der Waals surface area contributed by atoms with Crippen LogP contribution in [0.25, 0.3) is 5.69 Å². The molecule has 0 radical (unpaired) electrons. The van der Waals surface area contributed by atoms with E-state index in [1.54, 1.807) is 11.0 Å². The molecule has 0 amide bonds. The average Bonchev–Trinajstić information content (AvgIpc) is 3.37. The molecule has 144 valence electrons. The minimum Gasteiger partial charge on any atom is -0.356 e. The van der Waals surface area contributed by atoms with Gasteiger partial charge in [-0.25, -0.2) is 19.6 Å². The maximum Gasteiger partial charge on any atom is 0.185 e. The van der Waals surface area contributed by atoms with Gasteiger partial charge in [-0.15, -0.1) is 0 Å². The number of rotatable bonds is 9.